The normalized spacial score (nSPS) is 16.7. The Morgan fingerprint density at radius 2 is 2.26 bits per heavy atom. The maximum atomic E-state index is 13.2. The fourth-order valence-electron chi connectivity index (χ4n) is 3.22. The van der Waals surface area contributed by atoms with Gasteiger partial charge in [-0.05, 0) is 31.7 Å². The molecule has 0 spiro atoms. The van der Waals surface area contributed by atoms with Crippen LogP contribution in [0.1, 0.15) is 30.2 Å². The molecular weight excluding hydrogens is 388 g/mol. The van der Waals surface area contributed by atoms with Crippen LogP contribution in [0.4, 0.5) is 4.79 Å². The van der Waals surface area contributed by atoms with Gasteiger partial charge in [0, 0.05) is 11.5 Å². The average molecular weight is 411 g/mol. The topological polar surface area (TPSA) is 116 Å². The van der Waals surface area contributed by atoms with Gasteiger partial charge in [0.1, 0.15) is 4.83 Å². The van der Waals surface area contributed by atoms with Crippen LogP contribution < -0.4 is 16.6 Å². The summed E-state index contributed by atoms with van der Waals surface area (Å²) in [4.78, 5) is 42.2. The molecule has 0 aromatic carbocycles. The number of hydrogen-bond acceptors (Lipinski definition) is 7. The number of nitrogens with one attached hydrogen (secondary N) is 1. The zero-order valence-corrected chi connectivity index (χ0v) is 16.9. The predicted octanol–water partition coefficient (Wildman–Crippen LogP) is 1.79. The second-order valence-electron chi connectivity index (χ2n) is 6.32. The van der Waals surface area contributed by atoms with E-state index >= 15 is 0 Å². The Labute approximate surface area is 164 Å². The van der Waals surface area contributed by atoms with Gasteiger partial charge in [-0.3, -0.25) is 19.5 Å². The number of aromatic nitrogens is 2. The van der Waals surface area contributed by atoms with Gasteiger partial charge >= 0.3 is 6.03 Å². The summed E-state index contributed by atoms with van der Waals surface area (Å²) in [5.41, 5.74) is 5.89. The van der Waals surface area contributed by atoms with Crippen molar-refractivity contribution in [1.82, 2.24) is 14.9 Å². The summed E-state index contributed by atoms with van der Waals surface area (Å²) < 4.78 is 7.29. The smallest absolute Gasteiger partial charge is 0.318 e. The molecule has 1 aliphatic rings. The van der Waals surface area contributed by atoms with Crippen LogP contribution in [0.2, 0.25) is 0 Å². The Balaban J connectivity index is 1.99. The number of hydrogen-bond donors (Lipinski definition) is 2. The molecule has 1 fully saturated rings. The summed E-state index contributed by atoms with van der Waals surface area (Å²) in [6.45, 7) is 5.10. The van der Waals surface area contributed by atoms with E-state index < -0.39 is 11.9 Å². The van der Waals surface area contributed by atoms with Gasteiger partial charge in [0.15, 0.2) is 5.16 Å². The number of nitrogens with two attached hydrogens (primary N) is 1. The SMILES string of the molecule is CCc1c(C)sc2nc(SCC(=O)NC(N)=O)n(C[C@H]3CCCO3)c(=O)c12. The van der Waals surface area contributed by atoms with Crippen molar-refractivity contribution in [3.8, 4) is 0 Å². The lowest BCUT2D eigenvalue weighted by atomic mass is 10.1. The minimum absolute atomic E-state index is 0.0365. The Hall–Kier alpha value is -1.91. The van der Waals surface area contributed by atoms with Crippen molar-refractivity contribution in [1.29, 1.82) is 0 Å². The van der Waals surface area contributed by atoms with Gasteiger partial charge in [-0.25, -0.2) is 9.78 Å². The molecule has 3 amide bonds. The van der Waals surface area contributed by atoms with Crippen molar-refractivity contribution >= 4 is 45.3 Å². The molecule has 1 atom stereocenters. The number of amides is 3. The zero-order chi connectivity index (χ0) is 19.6. The molecule has 8 nitrogen and oxygen atoms in total. The van der Waals surface area contributed by atoms with E-state index in [9.17, 15) is 14.4 Å². The van der Waals surface area contributed by atoms with Crippen LogP contribution >= 0.6 is 23.1 Å². The highest BCUT2D eigenvalue weighted by Crippen LogP contribution is 2.30. The highest BCUT2D eigenvalue weighted by molar-refractivity contribution is 7.99. The summed E-state index contributed by atoms with van der Waals surface area (Å²) in [6.07, 6.45) is 2.58. The summed E-state index contributed by atoms with van der Waals surface area (Å²) in [5, 5.41) is 3.13. The molecule has 1 aliphatic heterocycles. The number of fused-ring (bicyclic) bond motifs is 1. The molecule has 27 heavy (non-hydrogen) atoms. The van der Waals surface area contributed by atoms with Crippen LogP contribution in [-0.2, 0) is 22.5 Å². The molecule has 3 rings (SSSR count). The van der Waals surface area contributed by atoms with Gasteiger partial charge in [0.2, 0.25) is 5.91 Å². The fraction of sp³-hybridized carbons (Fsp3) is 0.529. The standard InChI is InChI=1S/C17H22N4O4S2/c1-3-11-9(2)27-14-13(11)15(23)21(7-10-5-4-6-25-10)17(20-14)26-8-12(22)19-16(18)24/h10H,3-8H2,1-2H3,(H3,18,19,22,24)/t10-/m1/s1. The fourth-order valence-corrected chi connectivity index (χ4v) is 5.19. The molecule has 2 aromatic rings. The van der Waals surface area contributed by atoms with Crippen molar-refractivity contribution in [3.05, 3.63) is 20.8 Å². The molecule has 146 valence electrons. The van der Waals surface area contributed by atoms with E-state index in [2.05, 4.69) is 4.98 Å². The van der Waals surface area contributed by atoms with E-state index in [1.807, 2.05) is 19.2 Å². The second kappa shape index (κ2) is 8.41. The third-order valence-electron chi connectivity index (χ3n) is 4.44. The zero-order valence-electron chi connectivity index (χ0n) is 15.2. The lowest BCUT2D eigenvalue weighted by Gasteiger charge is -2.15. The third-order valence-corrected chi connectivity index (χ3v) is 6.45. The number of aryl methyl sites for hydroxylation is 2. The molecule has 3 heterocycles. The molecule has 3 N–H and O–H groups in total. The van der Waals surface area contributed by atoms with E-state index in [0.717, 1.165) is 41.5 Å². The van der Waals surface area contributed by atoms with Crippen LogP contribution in [0.3, 0.4) is 0 Å². The first-order valence-electron chi connectivity index (χ1n) is 8.77. The lowest BCUT2D eigenvalue weighted by Crippen LogP contribution is -2.36. The van der Waals surface area contributed by atoms with Gasteiger partial charge < -0.3 is 10.5 Å². The van der Waals surface area contributed by atoms with Crippen molar-refractivity contribution < 1.29 is 14.3 Å². The molecular formula is C17H22N4O4S2. The third kappa shape index (κ3) is 4.33. The van der Waals surface area contributed by atoms with E-state index in [1.54, 1.807) is 4.57 Å². The summed E-state index contributed by atoms with van der Waals surface area (Å²) >= 11 is 2.60. The minimum Gasteiger partial charge on any atom is -0.376 e. The molecule has 0 saturated carbocycles. The Morgan fingerprint density at radius 3 is 2.89 bits per heavy atom. The van der Waals surface area contributed by atoms with E-state index in [-0.39, 0.29) is 17.4 Å². The largest absolute Gasteiger partial charge is 0.376 e. The lowest BCUT2D eigenvalue weighted by molar-refractivity contribution is -0.117. The summed E-state index contributed by atoms with van der Waals surface area (Å²) in [7, 11) is 0. The molecule has 10 heteroatoms. The first-order valence-corrected chi connectivity index (χ1v) is 10.6. The van der Waals surface area contributed by atoms with Gasteiger partial charge in [-0.1, -0.05) is 18.7 Å². The van der Waals surface area contributed by atoms with E-state index in [4.69, 9.17) is 10.5 Å². The van der Waals surface area contributed by atoms with Crippen molar-refractivity contribution in [2.75, 3.05) is 12.4 Å². The predicted molar refractivity (Wildman–Crippen MR) is 105 cm³/mol. The summed E-state index contributed by atoms with van der Waals surface area (Å²) in [5.74, 6) is -0.584. The molecule has 0 unspecified atom stereocenters. The van der Waals surface area contributed by atoms with Crippen LogP contribution in [0.5, 0.6) is 0 Å². The molecule has 2 aromatic heterocycles. The quantitative estimate of drug-likeness (QED) is 0.554. The monoisotopic (exact) mass is 410 g/mol. The number of nitrogens with zero attached hydrogens (tertiary/aromatic N) is 2. The second-order valence-corrected chi connectivity index (χ2v) is 8.46. The molecule has 1 saturated heterocycles. The molecule has 0 radical (unpaired) electrons. The van der Waals surface area contributed by atoms with Gasteiger partial charge in [-0.2, -0.15) is 0 Å². The number of thioether (sulfide) groups is 1. The summed E-state index contributed by atoms with van der Waals surface area (Å²) in [6, 6.07) is -0.901. The number of carbonyl (C=O) groups is 2. The molecule has 0 aliphatic carbocycles. The van der Waals surface area contributed by atoms with Crippen molar-refractivity contribution in [2.24, 2.45) is 5.73 Å². The van der Waals surface area contributed by atoms with Crippen LogP contribution in [-0.4, -0.2) is 40.0 Å². The number of thiophene rings is 1. The minimum atomic E-state index is -0.901. The van der Waals surface area contributed by atoms with Crippen LogP contribution in [0.15, 0.2) is 9.95 Å². The van der Waals surface area contributed by atoms with Gasteiger partial charge in [0.25, 0.3) is 5.56 Å². The van der Waals surface area contributed by atoms with E-state index in [0.29, 0.717) is 28.5 Å². The number of ether oxygens (including phenoxy) is 1. The Bertz CT molecular complexity index is 931. The Kier molecular flexibility index (Phi) is 6.18. The van der Waals surface area contributed by atoms with Gasteiger partial charge in [-0.15, -0.1) is 11.3 Å². The number of carbonyl (C=O) groups excluding carboxylic acids is 2. The number of rotatable bonds is 6. The number of imide groups is 1. The first kappa shape index (κ1) is 19.8. The van der Waals surface area contributed by atoms with Crippen molar-refractivity contribution in [3.63, 3.8) is 0 Å². The highest BCUT2D eigenvalue weighted by Gasteiger charge is 2.23. The van der Waals surface area contributed by atoms with Crippen LogP contribution in [0, 0.1) is 6.92 Å². The molecule has 0 bridgehead atoms. The maximum Gasteiger partial charge on any atom is 0.318 e. The average Bonchev–Trinajstić information content (AvgIpc) is 3.22. The Morgan fingerprint density at radius 1 is 1.48 bits per heavy atom. The number of urea groups is 1. The van der Waals surface area contributed by atoms with Crippen molar-refractivity contribution in [2.45, 2.75) is 50.9 Å². The van der Waals surface area contributed by atoms with E-state index in [1.165, 1.54) is 11.3 Å². The number of primary amides is 1. The van der Waals surface area contributed by atoms with Crippen LogP contribution in [0.25, 0.3) is 10.2 Å². The van der Waals surface area contributed by atoms with Gasteiger partial charge in [0.05, 0.1) is 23.8 Å². The first-order chi connectivity index (χ1) is 12.9. The highest BCUT2D eigenvalue weighted by atomic mass is 32.2. The maximum absolute atomic E-state index is 13.2.